The Hall–Kier alpha value is -0.540. The molecule has 3 heteroatoms. The fraction of sp³-hybridized carbons (Fsp3) is 0.333. The first-order valence-corrected chi connectivity index (χ1v) is 4.41. The van der Waals surface area contributed by atoms with Gasteiger partial charge >= 0.3 is 0 Å². The zero-order valence-corrected chi connectivity index (χ0v) is 8.80. The van der Waals surface area contributed by atoms with E-state index in [1.165, 1.54) is 0 Å². The summed E-state index contributed by atoms with van der Waals surface area (Å²) >= 11 is 3.32. The highest BCUT2D eigenvalue weighted by Gasteiger charge is 1.88. The van der Waals surface area contributed by atoms with Crippen molar-refractivity contribution < 1.29 is 9.84 Å². The van der Waals surface area contributed by atoms with Gasteiger partial charge in [-0.3, -0.25) is 0 Å². The summed E-state index contributed by atoms with van der Waals surface area (Å²) < 4.78 is 6.01. The summed E-state index contributed by atoms with van der Waals surface area (Å²) in [6, 6.07) is 7.72. The Labute approximate surface area is 81.3 Å². The summed E-state index contributed by atoms with van der Waals surface area (Å²) in [5.74, 6) is 0.879. The maximum absolute atomic E-state index is 8.93. The van der Waals surface area contributed by atoms with E-state index in [0.717, 1.165) is 10.2 Å². The second-order valence-electron chi connectivity index (χ2n) is 1.95. The van der Waals surface area contributed by atoms with Crippen LogP contribution in [0.4, 0.5) is 0 Å². The minimum absolute atomic E-state index is 0. The van der Waals surface area contributed by atoms with Crippen molar-refractivity contribution in [1.82, 2.24) is 0 Å². The molecule has 1 aromatic carbocycles. The molecule has 0 aromatic heterocycles. The standard InChI is InChI=1S/C7H7BrO.C2H5O/c1-9-7-4-2-3-6(8)5-7;1-2-3/h2-5H,1H3;2H2,1H3. The minimum Gasteiger partial charge on any atom is -0.497 e. The van der Waals surface area contributed by atoms with Crippen molar-refractivity contribution in [2.75, 3.05) is 13.7 Å². The Kier molecular flexibility index (Phi) is 6.81. The maximum Gasteiger partial charge on any atom is 0.119 e. The lowest BCUT2D eigenvalue weighted by atomic mass is 10.3. The molecule has 0 atom stereocenters. The Morgan fingerprint density at radius 2 is 2.08 bits per heavy atom. The Morgan fingerprint density at radius 3 is 2.42 bits per heavy atom. The summed E-state index contributed by atoms with van der Waals surface area (Å²) in [5, 5.41) is 8.93. The van der Waals surface area contributed by atoms with Gasteiger partial charge in [0.15, 0.2) is 0 Å². The van der Waals surface area contributed by atoms with Gasteiger partial charge in [0.1, 0.15) is 5.75 Å². The molecule has 0 N–H and O–H groups in total. The van der Waals surface area contributed by atoms with Gasteiger partial charge in [0.2, 0.25) is 0 Å². The van der Waals surface area contributed by atoms with Crippen LogP contribution < -0.4 is 4.74 Å². The molecular weight excluding hydrogens is 220 g/mol. The molecule has 0 aliphatic heterocycles. The van der Waals surface area contributed by atoms with Gasteiger partial charge < -0.3 is 4.74 Å². The molecule has 0 unspecified atom stereocenters. The summed E-state index contributed by atoms with van der Waals surface area (Å²) in [7, 11) is 1.65. The zero-order valence-electron chi connectivity index (χ0n) is 7.21. The molecule has 0 aliphatic carbocycles. The molecule has 0 heterocycles. The normalized spacial score (nSPS) is 8.33. The first-order valence-electron chi connectivity index (χ1n) is 3.62. The zero-order chi connectivity index (χ0) is 9.40. The van der Waals surface area contributed by atoms with Crippen LogP contribution in [-0.4, -0.2) is 13.7 Å². The first-order chi connectivity index (χ1) is 5.74. The van der Waals surface area contributed by atoms with Gasteiger partial charge in [-0.25, -0.2) is 5.11 Å². The van der Waals surface area contributed by atoms with Gasteiger partial charge in [-0.05, 0) is 25.1 Å². The molecule has 0 aliphatic rings. The van der Waals surface area contributed by atoms with Crippen LogP contribution in [0.15, 0.2) is 28.7 Å². The molecule has 12 heavy (non-hydrogen) atoms. The van der Waals surface area contributed by atoms with E-state index in [1.54, 1.807) is 14.0 Å². The molecule has 1 radical (unpaired) electrons. The van der Waals surface area contributed by atoms with Gasteiger partial charge in [-0.1, -0.05) is 22.0 Å². The summed E-state index contributed by atoms with van der Waals surface area (Å²) in [5.41, 5.74) is 0. The number of ether oxygens (including phenoxy) is 1. The van der Waals surface area contributed by atoms with Gasteiger partial charge in [0.25, 0.3) is 0 Å². The molecule has 0 saturated carbocycles. The van der Waals surface area contributed by atoms with Crippen molar-refractivity contribution in [3.63, 3.8) is 0 Å². The lowest BCUT2D eigenvalue weighted by molar-refractivity contribution is 0.212. The van der Waals surface area contributed by atoms with Crippen LogP contribution in [0.25, 0.3) is 0 Å². The molecular formula is C9H12BrO2. The van der Waals surface area contributed by atoms with E-state index in [-0.39, 0.29) is 6.61 Å². The fourth-order valence-corrected chi connectivity index (χ4v) is 0.972. The van der Waals surface area contributed by atoms with E-state index in [1.807, 2.05) is 24.3 Å². The summed E-state index contributed by atoms with van der Waals surface area (Å²) in [4.78, 5) is 0. The molecule has 0 spiro atoms. The number of hydrogen-bond acceptors (Lipinski definition) is 1. The van der Waals surface area contributed by atoms with Gasteiger partial charge in [-0.15, -0.1) is 0 Å². The average Bonchev–Trinajstić information content (AvgIpc) is 2.06. The number of benzene rings is 1. The molecule has 0 fully saturated rings. The quantitative estimate of drug-likeness (QED) is 0.731. The Morgan fingerprint density at radius 1 is 1.50 bits per heavy atom. The third-order valence-electron chi connectivity index (χ3n) is 1.03. The molecule has 0 bridgehead atoms. The van der Waals surface area contributed by atoms with E-state index < -0.39 is 0 Å². The fourth-order valence-electron chi connectivity index (χ4n) is 0.594. The second-order valence-corrected chi connectivity index (χ2v) is 2.87. The van der Waals surface area contributed by atoms with Crippen LogP contribution in [0.1, 0.15) is 6.92 Å². The number of methoxy groups -OCH3 is 1. The van der Waals surface area contributed by atoms with Gasteiger partial charge in [0, 0.05) is 4.47 Å². The third-order valence-corrected chi connectivity index (χ3v) is 1.53. The molecule has 0 saturated heterocycles. The number of halogens is 1. The number of hydrogen-bond donors (Lipinski definition) is 0. The average molecular weight is 232 g/mol. The van der Waals surface area contributed by atoms with E-state index in [9.17, 15) is 0 Å². The monoisotopic (exact) mass is 231 g/mol. The van der Waals surface area contributed by atoms with Crippen LogP contribution in [0, 0.1) is 0 Å². The largest absolute Gasteiger partial charge is 0.497 e. The molecule has 2 nitrogen and oxygen atoms in total. The predicted octanol–water partition coefficient (Wildman–Crippen LogP) is 2.89. The van der Waals surface area contributed by atoms with E-state index >= 15 is 0 Å². The topological polar surface area (TPSA) is 29.1 Å². The van der Waals surface area contributed by atoms with Crippen LogP contribution in [0.2, 0.25) is 0 Å². The Bertz CT molecular complexity index is 213. The maximum atomic E-state index is 8.93. The van der Waals surface area contributed by atoms with Crippen molar-refractivity contribution in [1.29, 1.82) is 0 Å². The van der Waals surface area contributed by atoms with Gasteiger partial charge in [0.05, 0.1) is 13.7 Å². The van der Waals surface area contributed by atoms with Crippen LogP contribution >= 0.6 is 15.9 Å². The summed E-state index contributed by atoms with van der Waals surface area (Å²) in [6.45, 7) is 1.57. The van der Waals surface area contributed by atoms with Crippen molar-refractivity contribution in [2.24, 2.45) is 0 Å². The smallest absolute Gasteiger partial charge is 0.119 e. The van der Waals surface area contributed by atoms with Crippen molar-refractivity contribution >= 4 is 15.9 Å². The number of rotatable bonds is 1. The van der Waals surface area contributed by atoms with Crippen LogP contribution in [-0.2, 0) is 5.11 Å². The van der Waals surface area contributed by atoms with Crippen LogP contribution in [0.3, 0.4) is 0 Å². The van der Waals surface area contributed by atoms with Gasteiger partial charge in [-0.2, -0.15) is 0 Å². The highest BCUT2D eigenvalue weighted by molar-refractivity contribution is 9.10. The lowest BCUT2D eigenvalue weighted by Gasteiger charge is -1.96. The predicted molar refractivity (Wildman–Crippen MR) is 51.9 cm³/mol. The lowest BCUT2D eigenvalue weighted by Crippen LogP contribution is -1.79. The minimum atomic E-state index is 0. The molecule has 67 valence electrons. The molecule has 0 amide bonds. The van der Waals surface area contributed by atoms with E-state index in [2.05, 4.69) is 15.9 Å². The SMILES string of the molecule is CC[O].COc1cccc(Br)c1. The molecule has 1 aromatic rings. The van der Waals surface area contributed by atoms with Crippen LogP contribution in [0.5, 0.6) is 5.75 Å². The van der Waals surface area contributed by atoms with E-state index in [4.69, 9.17) is 9.84 Å². The van der Waals surface area contributed by atoms with E-state index in [0.29, 0.717) is 0 Å². The molecule has 1 rings (SSSR count). The Balaban J connectivity index is 0.000000354. The highest BCUT2D eigenvalue weighted by atomic mass is 79.9. The van der Waals surface area contributed by atoms with Crippen molar-refractivity contribution in [3.05, 3.63) is 28.7 Å². The summed E-state index contributed by atoms with van der Waals surface area (Å²) in [6.07, 6.45) is 0. The highest BCUT2D eigenvalue weighted by Crippen LogP contribution is 2.16. The van der Waals surface area contributed by atoms with Crippen molar-refractivity contribution in [2.45, 2.75) is 6.92 Å². The second kappa shape index (κ2) is 7.13. The first kappa shape index (κ1) is 11.5. The third kappa shape index (κ3) is 5.16. The van der Waals surface area contributed by atoms with Crippen molar-refractivity contribution in [3.8, 4) is 5.75 Å².